The fourth-order valence-electron chi connectivity index (χ4n) is 2.35. The zero-order chi connectivity index (χ0) is 17.1. The highest BCUT2D eigenvalue weighted by molar-refractivity contribution is 7.17. The van der Waals surface area contributed by atoms with Crippen LogP contribution in [-0.4, -0.2) is 10.9 Å². The fraction of sp³-hybridized carbons (Fsp3) is 0.105. The molecular formula is C19H15N3OS. The zero-order valence-corrected chi connectivity index (χ0v) is 14.1. The van der Waals surface area contributed by atoms with Crippen LogP contribution in [0, 0.1) is 20.4 Å². The molecule has 0 fully saturated rings. The van der Waals surface area contributed by atoms with Gasteiger partial charge in [-0.25, -0.2) is 4.85 Å². The van der Waals surface area contributed by atoms with Crippen molar-refractivity contribution < 1.29 is 4.79 Å². The molecule has 0 saturated heterocycles. The van der Waals surface area contributed by atoms with Crippen LogP contribution in [-0.2, 0) is 0 Å². The van der Waals surface area contributed by atoms with Gasteiger partial charge in [0.2, 0.25) is 0 Å². The van der Waals surface area contributed by atoms with E-state index < -0.39 is 0 Å². The highest BCUT2D eigenvalue weighted by Crippen LogP contribution is 2.33. The highest BCUT2D eigenvalue weighted by Gasteiger charge is 2.13. The molecule has 2 aromatic heterocycles. The number of amides is 1. The lowest BCUT2D eigenvalue weighted by molar-refractivity contribution is 0.103. The summed E-state index contributed by atoms with van der Waals surface area (Å²) in [4.78, 5) is 21.6. The molecule has 0 aliphatic carbocycles. The number of carbonyl (C=O) groups is 1. The third kappa shape index (κ3) is 3.19. The predicted octanol–water partition coefficient (Wildman–Crippen LogP) is 5.23. The van der Waals surface area contributed by atoms with Crippen molar-refractivity contribution >= 4 is 28.6 Å². The van der Waals surface area contributed by atoms with E-state index in [0.29, 0.717) is 10.6 Å². The average molecular weight is 333 g/mol. The summed E-state index contributed by atoms with van der Waals surface area (Å²) in [7, 11) is 0. The molecular weight excluding hydrogens is 318 g/mol. The molecule has 1 amide bonds. The van der Waals surface area contributed by atoms with Crippen molar-refractivity contribution in [2.45, 2.75) is 13.8 Å². The first-order chi connectivity index (χ1) is 11.6. The van der Waals surface area contributed by atoms with Gasteiger partial charge in [0.15, 0.2) is 5.69 Å². The van der Waals surface area contributed by atoms with E-state index in [4.69, 9.17) is 6.57 Å². The number of thiophene rings is 1. The molecule has 4 nitrogen and oxygen atoms in total. The van der Waals surface area contributed by atoms with E-state index in [1.165, 1.54) is 11.3 Å². The van der Waals surface area contributed by atoms with Crippen LogP contribution in [0.1, 0.15) is 20.8 Å². The minimum Gasteiger partial charge on any atom is -0.321 e. The highest BCUT2D eigenvalue weighted by atomic mass is 32.1. The monoisotopic (exact) mass is 333 g/mol. The first kappa shape index (κ1) is 15.9. The first-order valence-corrected chi connectivity index (χ1v) is 8.20. The van der Waals surface area contributed by atoms with Crippen molar-refractivity contribution in [3.05, 3.63) is 76.2 Å². The maximum Gasteiger partial charge on any atom is 0.265 e. The molecule has 3 rings (SSSR count). The molecule has 0 unspecified atom stereocenters. The lowest BCUT2D eigenvalue weighted by atomic mass is 10.1. The first-order valence-electron chi connectivity index (χ1n) is 7.39. The Hall–Kier alpha value is -2.97. The summed E-state index contributed by atoms with van der Waals surface area (Å²) in [5, 5.41) is 2.91. The van der Waals surface area contributed by atoms with Crippen molar-refractivity contribution in [3.8, 4) is 10.4 Å². The molecule has 24 heavy (non-hydrogen) atoms. The molecule has 3 aromatic rings. The summed E-state index contributed by atoms with van der Waals surface area (Å²) in [5.41, 5.74) is 4.36. The minimum absolute atomic E-state index is 0.139. The van der Waals surface area contributed by atoms with Gasteiger partial charge in [0.1, 0.15) is 0 Å². The van der Waals surface area contributed by atoms with Crippen LogP contribution in [0.3, 0.4) is 0 Å². The Balaban J connectivity index is 1.87. The summed E-state index contributed by atoms with van der Waals surface area (Å²) in [6, 6.07) is 11.1. The second kappa shape index (κ2) is 6.65. The second-order valence-corrected chi connectivity index (χ2v) is 6.50. The maximum absolute atomic E-state index is 12.4. The third-order valence-corrected chi connectivity index (χ3v) is 4.83. The third-order valence-electron chi connectivity index (χ3n) is 3.71. The quantitative estimate of drug-likeness (QED) is 0.667. The summed E-state index contributed by atoms with van der Waals surface area (Å²) in [6.45, 7) is 11.1. The number of aryl methyl sites for hydroxylation is 2. The van der Waals surface area contributed by atoms with E-state index in [1.807, 2.05) is 38.1 Å². The van der Waals surface area contributed by atoms with Gasteiger partial charge in [-0.3, -0.25) is 9.78 Å². The molecule has 1 aromatic carbocycles. The van der Waals surface area contributed by atoms with Gasteiger partial charge < -0.3 is 5.32 Å². The van der Waals surface area contributed by atoms with Crippen molar-refractivity contribution in [2.24, 2.45) is 0 Å². The SMILES string of the molecule is [C-]#[N+]c1ccc(C)c(-c2ccc(C(=O)Nc3ccncc3C)s2)c1. The Morgan fingerprint density at radius 3 is 2.75 bits per heavy atom. The lowest BCUT2D eigenvalue weighted by Crippen LogP contribution is -2.11. The summed E-state index contributed by atoms with van der Waals surface area (Å²) in [5.74, 6) is -0.139. The largest absolute Gasteiger partial charge is 0.321 e. The molecule has 0 saturated carbocycles. The number of benzene rings is 1. The number of nitrogens with zero attached hydrogens (tertiary/aromatic N) is 2. The normalized spacial score (nSPS) is 10.2. The van der Waals surface area contributed by atoms with Crippen molar-refractivity contribution in [2.75, 3.05) is 5.32 Å². The molecule has 118 valence electrons. The molecule has 5 heteroatoms. The molecule has 2 heterocycles. The van der Waals surface area contributed by atoms with Gasteiger partial charge in [-0.15, -0.1) is 11.3 Å². The van der Waals surface area contributed by atoms with Gasteiger partial charge in [0, 0.05) is 23.0 Å². The second-order valence-electron chi connectivity index (χ2n) is 5.42. The number of rotatable bonds is 3. The number of carbonyl (C=O) groups excluding carboxylic acids is 1. The van der Waals surface area contributed by atoms with Gasteiger partial charge in [-0.1, -0.05) is 12.1 Å². The van der Waals surface area contributed by atoms with Crippen LogP contribution < -0.4 is 5.32 Å². The van der Waals surface area contributed by atoms with Crippen LogP contribution in [0.4, 0.5) is 11.4 Å². The van der Waals surface area contributed by atoms with Crippen LogP contribution >= 0.6 is 11.3 Å². The van der Waals surface area contributed by atoms with Gasteiger partial charge in [-0.2, -0.15) is 0 Å². The molecule has 0 atom stereocenters. The van der Waals surface area contributed by atoms with Gasteiger partial charge in [0.05, 0.1) is 11.4 Å². The van der Waals surface area contributed by atoms with Crippen LogP contribution in [0.2, 0.25) is 0 Å². The topological polar surface area (TPSA) is 46.4 Å². The Bertz CT molecular complexity index is 953. The van der Waals surface area contributed by atoms with E-state index in [2.05, 4.69) is 15.1 Å². The Kier molecular flexibility index (Phi) is 4.41. The van der Waals surface area contributed by atoms with Crippen molar-refractivity contribution in [1.29, 1.82) is 0 Å². The molecule has 0 aliphatic heterocycles. The minimum atomic E-state index is -0.139. The van der Waals surface area contributed by atoms with Crippen LogP contribution in [0.5, 0.6) is 0 Å². The summed E-state index contributed by atoms with van der Waals surface area (Å²) >= 11 is 1.42. The predicted molar refractivity (Wildman–Crippen MR) is 97.7 cm³/mol. The van der Waals surface area contributed by atoms with E-state index >= 15 is 0 Å². The van der Waals surface area contributed by atoms with E-state index in [-0.39, 0.29) is 5.91 Å². The Morgan fingerprint density at radius 2 is 2.00 bits per heavy atom. The van der Waals surface area contributed by atoms with Gasteiger partial charge in [-0.05, 0) is 54.8 Å². The van der Waals surface area contributed by atoms with Crippen molar-refractivity contribution in [3.63, 3.8) is 0 Å². The standard InChI is InChI=1S/C19H15N3OS/c1-12-4-5-14(20-3)10-15(12)17-6-7-18(24-17)19(23)22-16-8-9-21-11-13(16)2/h4-11H,1-2H3,(H,21,22,23). The number of nitrogens with one attached hydrogen (secondary N) is 1. The Labute approximate surface area is 144 Å². The molecule has 0 radical (unpaired) electrons. The van der Waals surface area contributed by atoms with Gasteiger partial charge in [0.25, 0.3) is 5.91 Å². The average Bonchev–Trinajstić information content (AvgIpc) is 3.07. The zero-order valence-electron chi connectivity index (χ0n) is 13.3. The van der Waals surface area contributed by atoms with E-state index in [1.54, 1.807) is 24.5 Å². The van der Waals surface area contributed by atoms with E-state index in [9.17, 15) is 4.79 Å². The van der Waals surface area contributed by atoms with Crippen LogP contribution in [0.25, 0.3) is 15.3 Å². The molecule has 0 spiro atoms. The number of pyridine rings is 1. The molecule has 0 aliphatic rings. The number of aromatic nitrogens is 1. The Morgan fingerprint density at radius 1 is 1.17 bits per heavy atom. The van der Waals surface area contributed by atoms with E-state index in [0.717, 1.165) is 27.3 Å². The molecule has 0 bridgehead atoms. The smallest absolute Gasteiger partial charge is 0.265 e. The summed E-state index contributed by atoms with van der Waals surface area (Å²) in [6.07, 6.45) is 3.37. The van der Waals surface area contributed by atoms with Gasteiger partial charge >= 0.3 is 0 Å². The number of anilines is 1. The number of hydrogen-bond acceptors (Lipinski definition) is 3. The maximum atomic E-state index is 12.4. The lowest BCUT2D eigenvalue weighted by Gasteiger charge is -2.06. The summed E-state index contributed by atoms with van der Waals surface area (Å²) < 4.78 is 0. The number of hydrogen-bond donors (Lipinski definition) is 1. The van der Waals surface area contributed by atoms with Crippen LogP contribution in [0.15, 0.2) is 48.8 Å². The van der Waals surface area contributed by atoms with Crippen molar-refractivity contribution in [1.82, 2.24) is 4.98 Å². The fourth-order valence-corrected chi connectivity index (χ4v) is 3.33. The molecule has 1 N–H and O–H groups in total.